The number of hydrogen-bond donors (Lipinski definition) is 2. The predicted octanol–water partition coefficient (Wildman–Crippen LogP) is 1.80. The van der Waals surface area contributed by atoms with Crippen LogP contribution in [0.2, 0.25) is 0 Å². The zero-order valence-electron chi connectivity index (χ0n) is 14.0. The van der Waals surface area contributed by atoms with Crippen LogP contribution >= 0.6 is 0 Å². The number of nitrogens with one attached hydrogen (secondary N) is 2. The van der Waals surface area contributed by atoms with Gasteiger partial charge in [0, 0.05) is 42.9 Å². The molecule has 25 heavy (non-hydrogen) atoms. The van der Waals surface area contributed by atoms with Crippen molar-refractivity contribution in [1.29, 1.82) is 0 Å². The van der Waals surface area contributed by atoms with Crippen molar-refractivity contribution in [3.63, 3.8) is 0 Å². The van der Waals surface area contributed by atoms with Gasteiger partial charge in [0.25, 0.3) is 5.91 Å². The average molecular weight is 356 g/mol. The molecular weight excluding hydrogens is 336 g/mol. The summed E-state index contributed by atoms with van der Waals surface area (Å²) in [5.41, 5.74) is 3.08. The smallest absolute Gasteiger partial charge is 0.251 e. The van der Waals surface area contributed by atoms with Crippen LogP contribution in [0.25, 0.3) is 11.1 Å². The van der Waals surface area contributed by atoms with Crippen LogP contribution in [0.15, 0.2) is 47.4 Å². The van der Waals surface area contributed by atoms with Gasteiger partial charge < -0.3 is 10.6 Å². The van der Waals surface area contributed by atoms with Gasteiger partial charge in [-0.25, -0.2) is 8.42 Å². The zero-order chi connectivity index (χ0) is 17.6. The van der Waals surface area contributed by atoms with E-state index in [2.05, 4.69) is 10.6 Å². The third-order valence-electron chi connectivity index (χ3n) is 5.16. The Bertz CT molecular complexity index is 953. The van der Waals surface area contributed by atoms with Crippen molar-refractivity contribution in [3.8, 4) is 11.1 Å². The normalized spacial score (nSPS) is 22.7. The lowest BCUT2D eigenvalue weighted by molar-refractivity contribution is 0.0952. The van der Waals surface area contributed by atoms with Crippen LogP contribution in [0.5, 0.6) is 0 Å². The van der Waals surface area contributed by atoms with Gasteiger partial charge in [-0.2, -0.15) is 0 Å². The lowest BCUT2D eigenvalue weighted by Crippen LogP contribution is -2.28. The Kier molecular flexibility index (Phi) is 3.89. The molecule has 1 amide bonds. The summed E-state index contributed by atoms with van der Waals surface area (Å²) in [6.45, 7) is 2.44. The monoisotopic (exact) mass is 356 g/mol. The minimum absolute atomic E-state index is 0.0805. The first-order valence-corrected chi connectivity index (χ1v) is 10.3. The maximum atomic E-state index is 12.6. The molecule has 2 aromatic carbocycles. The number of rotatable bonds is 2. The fourth-order valence-corrected chi connectivity index (χ4v) is 4.81. The predicted molar refractivity (Wildman–Crippen MR) is 96.4 cm³/mol. The maximum Gasteiger partial charge on any atom is 0.251 e. The largest absolute Gasteiger partial charge is 0.352 e. The molecule has 0 aromatic heterocycles. The number of hydrogen-bond acceptors (Lipinski definition) is 4. The summed E-state index contributed by atoms with van der Waals surface area (Å²) >= 11 is 0. The molecule has 0 bridgehead atoms. The van der Waals surface area contributed by atoms with E-state index < -0.39 is 9.84 Å². The van der Waals surface area contributed by atoms with Gasteiger partial charge in [0.15, 0.2) is 9.84 Å². The van der Waals surface area contributed by atoms with Gasteiger partial charge in [-0.1, -0.05) is 30.3 Å². The van der Waals surface area contributed by atoms with Crippen molar-refractivity contribution in [3.05, 3.63) is 53.6 Å². The summed E-state index contributed by atoms with van der Waals surface area (Å²) in [5, 5.41) is 6.39. The van der Waals surface area contributed by atoms with E-state index in [0.29, 0.717) is 29.5 Å². The highest BCUT2D eigenvalue weighted by Crippen LogP contribution is 2.36. The Morgan fingerprint density at radius 1 is 1.00 bits per heavy atom. The first-order chi connectivity index (χ1) is 11.9. The van der Waals surface area contributed by atoms with Gasteiger partial charge in [-0.15, -0.1) is 0 Å². The van der Waals surface area contributed by atoms with Crippen LogP contribution < -0.4 is 10.6 Å². The molecule has 1 fully saturated rings. The third kappa shape index (κ3) is 2.85. The van der Waals surface area contributed by atoms with Crippen molar-refractivity contribution in [1.82, 2.24) is 10.6 Å². The second-order valence-corrected chi connectivity index (χ2v) is 8.79. The fraction of sp³-hybridized carbons (Fsp3) is 0.316. The van der Waals surface area contributed by atoms with Gasteiger partial charge in [0.05, 0.1) is 4.90 Å². The third-order valence-corrected chi connectivity index (χ3v) is 6.31. The Morgan fingerprint density at radius 3 is 2.60 bits per heavy atom. The molecule has 2 aromatic rings. The quantitative estimate of drug-likeness (QED) is 0.860. The summed E-state index contributed by atoms with van der Waals surface area (Å²) in [6.07, 6.45) is 1.21. The van der Waals surface area contributed by atoms with Crippen LogP contribution in [0.1, 0.15) is 21.8 Å². The molecule has 2 aliphatic rings. The fourth-order valence-electron chi connectivity index (χ4n) is 3.90. The number of carbonyl (C=O) groups excluding carboxylic acids is 1. The maximum absolute atomic E-state index is 12.6. The second kappa shape index (κ2) is 5.97. The van der Waals surface area contributed by atoms with E-state index in [1.165, 1.54) is 6.26 Å². The topological polar surface area (TPSA) is 75.3 Å². The van der Waals surface area contributed by atoms with Crippen LogP contribution in [0.3, 0.4) is 0 Å². The molecule has 0 unspecified atom stereocenters. The van der Waals surface area contributed by atoms with Crippen molar-refractivity contribution < 1.29 is 13.2 Å². The molecule has 0 aliphatic carbocycles. The number of benzene rings is 2. The van der Waals surface area contributed by atoms with E-state index >= 15 is 0 Å². The van der Waals surface area contributed by atoms with E-state index in [0.717, 1.165) is 24.2 Å². The highest BCUT2D eigenvalue weighted by atomic mass is 32.2. The van der Waals surface area contributed by atoms with E-state index in [1.807, 2.05) is 24.3 Å². The van der Waals surface area contributed by atoms with Gasteiger partial charge in [-0.05, 0) is 29.2 Å². The van der Waals surface area contributed by atoms with Crippen molar-refractivity contribution in [2.45, 2.75) is 10.8 Å². The average Bonchev–Trinajstić information content (AvgIpc) is 3.02. The van der Waals surface area contributed by atoms with E-state index in [1.54, 1.807) is 18.2 Å². The van der Waals surface area contributed by atoms with Crippen molar-refractivity contribution in [2.75, 3.05) is 25.9 Å². The molecule has 2 N–H and O–H groups in total. The lowest BCUT2D eigenvalue weighted by atomic mass is 9.86. The zero-order valence-corrected chi connectivity index (χ0v) is 14.8. The Labute approximate surface area is 147 Å². The number of carbonyl (C=O) groups is 1. The summed E-state index contributed by atoms with van der Waals surface area (Å²) < 4.78 is 24.2. The summed E-state index contributed by atoms with van der Waals surface area (Å²) in [5.74, 6) is 0.635. The van der Waals surface area contributed by atoms with E-state index in [-0.39, 0.29) is 10.8 Å². The van der Waals surface area contributed by atoms with Crippen LogP contribution in [0.4, 0.5) is 0 Å². The molecule has 2 aliphatic heterocycles. The Hall–Kier alpha value is -2.18. The molecule has 6 heteroatoms. The van der Waals surface area contributed by atoms with Gasteiger partial charge in [-0.3, -0.25) is 4.79 Å². The molecule has 2 heterocycles. The summed E-state index contributed by atoms with van der Waals surface area (Å²) in [6, 6.07) is 12.7. The van der Waals surface area contributed by atoms with Gasteiger partial charge >= 0.3 is 0 Å². The minimum atomic E-state index is -3.35. The molecule has 5 nitrogen and oxygen atoms in total. The van der Waals surface area contributed by atoms with Gasteiger partial charge in [0.2, 0.25) is 0 Å². The van der Waals surface area contributed by atoms with Crippen LogP contribution in [-0.4, -0.2) is 40.2 Å². The highest BCUT2D eigenvalue weighted by Gasteiger charge is 2.34. The first-order valence-electron chi connectivity index (χ1n) is 8.37. The summed E-state index contributed by atoms with van der Waals surface area (Å²) in [4.78, 5) is 12.8. The molecular formula is C19H20N2O3S. The Morgan fingerprint density at radius 2 is 1.80 bits per heavy atom. The molecule has 1 saturated heterocycles. The number of fused-ring (bicyclic) bond motifs is 3. The van der Waals surface area contributed by atoms with E-state index in [4.69, 9.17) is 0 Å². The van der Waals surface area contributed by atoms with Crippen LogP contribution in [0, 0.1) is 5.92 Å². The molecule has 0 radical (unpaired) electrons. The second-order valence-electron chi connectivity index (χ2n) is 6.81. The van der Waals surface area contributed by atoms with Crippen molar-refractivity contribution in [2.24, 2.45) is 5.92 Å². The molecule has 4 rings (SSSR count). The van der Waals surface area contributed by atoms with Crippen LogP contribution in [-0.2, 0) is 9.84 Å². The molecule has 0 spiro atoms. The summed E-state index contributed by atoms with van der Waals surface area (Å²) in [7, 11) is -3.35. The standard InChI is InChI=1S/C19H20N2O3S/c1-25(23,24)18-5-3-2-4-14(18)12-6-7-15-16(8-12)19(22)21-10-13-9-20-11-17(13)15/h2-8,13,17,20H,9-11H2,1H3,(H,21,22)/t13-,17+/m1/s1. The number of amides is 1. The Balaban J connectivity index is 1.87. The van der Waals surface area contributed by atoms with E-state index in [9.17, 15) is 13.2 Å². The molecule has 2 atom stereocenters. The highest BCUT2D eigenvalue weighted by molar-refractivity contribution is 7.90. The first kappa shape index (κ1) is 16.3. The molecule has 0 saturated carbocycles. The molecule has 130 valence electrons. The number of sulfone groups is 1. The minimum Gasteiger partial charge on any atom is -0.352 e. The SMILES string of the molecule is CS(=O)(=O)c1ccccc1-c1ccc2c(c1)C(=O)NC[C@H]1CNC[C@H]21. The van der Waals surface area contributed by atoms with Gasteiger partial charge in [0.1, 0.15) is 0 Å². The lowest BCUT2D eigenvalue weighted by Gasteiger charge is -2.17. The van der Waals surface area contributed by atoms with Crippen molar-refractivity contribution >= 4 is 15.7 Å².